The van der Waals surface area contributed by atoms with Crippen LogP contribution >= 0.6 is 11.8 Å². The predicted molar refractivity (Wildman–Crippen MR) is 94.3 cm³/mol. The van der Waals surface area contributed by atoms with E-state index in [1.807, 2.05) is 31.2 Å². The molecule has 2 N–H and O–H groups in total. The van der Waals surface area contributed by atoms with Crippen molar-refractivity contribution in [1.82, 2.24) is 25.5 Å². The molecule has 0 spiro atoms. The number of hydrogen-bond donors (Lipinski definition) is 2. The van der Waals surface area contributed by atoms with Crippen LogP contribution in [-0.2, 0) is 16.0 Å². The third-order valence-electron chi connectivity index (χ3n) is 3.81. The molecule has 1 saturated carbocycles. The monoisotopic (exact) mass is 360 g/mol. The summed E-state index contributed by atoms with van der Waals surface area (Å²) in [6, 6.07) is 7.99. The lowest BCUT2D eigenvalue weighted by atomic mass is 10.1. The maximum Gasteiger partial charge on any atom is 0.243 e. The second-order valence-electron chi connectivity index (χ2n) is 5.76. The van der Waals surface area contributed by atoms with Gasteiger partial charge in [0.25, 0.3) is 0 Å². The molecule has 2 amide bonds. The molecule has 0 atom stereocenters. The molecule has 0 unspecified atom stereocenters. The van der Waals surface area contributed by atoms with Crippen molar-refractivity contribution in [3.05, 3.63) is 29.8 Å². The van der Waals surface area contributed by atoms with Gasteiger partial charge in [-0.2, -0.15) is 0 Å². The largest absolute Gasteiger partial charge is 0.346 e. The van der Waals surface area contributed by atoms with Gasteiger partial charge in [-0.1, -0.05) is 36.9 Å². The number of nitrogens with zero attached hydrogens (tertiary/aromatic N) is 4. The van der Waals surface area contributed by atoms with Crippen LogP contribution in [0.15, 0.2) is 29.4 Å². The number of nitrogens with one attached hydrogen (secondary N) is 2. The molecular weight excluding hydrogens is 340 g/mol. The lowest BCUT2D eigenvalue weighted by Gasteiger charge is -2.10. The van der Waals surface area contributed by atoms with Gasteiger partial charge in [-0.05, 0) is 41.3 Å². The van der Waals surface area contributed by atoms with Gasteiger partial charge in [-0.15, -0.1) is 5.10 Å². The molecule has 1 fully saturated rings. The quantitative estimate of drug-likeness (QED) is 0.690. The zero-order valence-corrected chi connectivity index (χ0v) is 14.8. The normalized spacial score (nSPS) is 13.5. The van der Waals surface area contributed by atoms with E-state index in [1.165, 1.54) is 11.8 Å². The van der Waals surface area contributed by atoms with E-state index in [9.17, 15) is 9.59 Å². The first-order valence-corrected chi connectivity index (χ1v) is 9.21. The van der Waals surface area contributed by atoms with E-state index >= 15 is 0 Å². The van der Waals surface area contributed by atoms with Gasteiger partial charge in [0.1, 0.15) is 0 Å². The summed E-state index contributed by atoms with van der Waals surface area (Å²) in [7, 11) is 0. The van der Waals surface area contributed by atoms with E-state index in [2.05, 4.69) is 26.2 Å². The molecule has 0 radical (unpaired) electrons. The number of benzene rings is 1. The molecule has 1 aliphatic carbocycles. The third-order valence-corrected chi connectivity index (χ3v) is 4.74. The number of para-hydroxylation sites is 1. The molecule has 0 aliphatic heterocycles. The fourth-order valence-electron chi connectivity index (χ4n) is 2.33. The molecule has 1 aromatic heterocycles. The molecule has 9 heteroatoms. The number of thioether (sulfide) groups is 1. The first-order chi connectivity index (χ1) is 12.2. The van der Waals surface area contributed by atoms with Gasteiger partial charge in [0, 0.05) is 5.69 Å². The van der Waals surface area contributed by atoms with E-state index in [1.54, 1.807) is 4.68 Å². The molecule has 132 valence electrons. The average Bonchev–Trinajstić information content (AvgIpc) is 3.36. The topological polar surface area (TPSA) is 102 Å². The Morgan fingerprint density at radius 1 is 1.28 bits per heavy atom. The van der Waals surface area contributed by atoms with Crippen LogP contribution in [0.5, 0.6) is 0 Å². The Balaban J connectivity index is 1.42. The van der Waals surface area contributed by atoms with E-state index in [0.29, 0.717) is 11.2 Å². The maximum atomic E-state index is 12.0. The van der Waals surface area contributed by atoms with Crippen LogP contribution in [0.4, 0.5) is 5.69 Å². The molecule has 2 aromatic rings. The summed E-state index contributed by atoms with van der Waals surface area (Å²) >= 11 is 1.27. The number of aromatic nitrogens is 4. The van der Waals surface area contributed by atoms with Gasteiger partial charge >= 0.3 is 0 Å². The molecule has 8 nitrogen and oxygen atoms in total. The van der Waals surface area contributed by atoms with E-state index in [4.69, 9.17) is 0 Å². The van der Waals surface area contributed by atoms with Gasteiger partial charge in [-0.25, -0.2) is 4.68 Å². The fraction of sp³-hybridized carbons (Fsp3) is 0.438. The summed E-state index contributed by atoms with van der Waals surface area (Å²) < 4.78 is 1.76. The maximum absolute atomic E-state index is 12.0. The highest BCUT2D eigenvalue weighted by atomic mass is 32.2. The van der Waals surface area contributed by atoms with Crippen LogP contribution in [0.25, 0.3) is 0 Å². The molecule has 1 aromatic carbocycles. The highest BCUT2D eigenvalue weighted by Gasteiger charge is 2.28. The number of rotatable bonds is 8. The average molecular weight is 360 g/mol. The van der Waals surface area contributed by atoms with E-state index in [-0.39, 0.29) is 24.1 Å². The van der Waals surface area contributed by atoms with Crippen LogP contribution in [0, 0.1) is 0 Å². The summed E-state index contributed by atoms with van der Waals surface area (Å²) in [4.78, 5) is 23.9. The SMILES string of the molecule is CCc1ccccc1NC(=O)CNC(=O)CSc1nnnn1C1CC1. The molecule has 1 aliphatic rings. The van der Waals surface area contributed by atoms with Crippen LogP contribution in [0.1, 0.15) is 31.4 Å². The van der Waals surface area contributed by atoms with E-state index < -0.39 is 0 Å². The van der Waals surface area contributed by atoms with Crippen molar-refractivity contribution >= 4 is 29.3 Å². The van der Waals surface area contributed by atoms with Gasteiger partial charge in [0.2, 0.25) is 17.0 Å². The van der Waals surface area contributed by atoms with Crippen molar-refractivity contribution in [2.75, 3.05) is 17.6 Å². The fourth-order valence-corrected chi connectivity index (χ4v) is 3.11. The van der Waals surface area contributed by atoms with Crippen LogP contribution in [0.3, 0.4) is 0 Å². The first kappa shape index (κ1) is 17.4. The summed E-state index contributed by atoms with van der Waals surface area (Å²) in [5.74, 6) is -0.303. The number of hydrogen-bond acceptors (Lipinski definition) is 6. The number of carbonyl (C=O) groups is 2. The summed E-state index contributed by atoms with van der Waals surface area (Å²) in [6.07, 6.45) is 2.98. The molecule has 3 rings (SSSR count). The van der Waals surface area contributed by atoms with Crippen molar-refractivity contribution in [2.24, 2.45) is 0 Å². The second kappa shape index (κ2) is 8.11. The van der Waals surface area contributed by atoms with Crippen molar-refractivity contribution in [3.8, 4) is 0 Å². The Morgan fingerprint density at radius 3 is 2.84 bits per heavy atom. The zero-order valence-electron chi connectivity index (χ0n) is 13.9. The molecule has 0 bridgehead atoms. The minimum absolute atomic E-state index is 0.0645. The van der Waals surface area contributed by atoms with Crippen molar-refractivity contribution in [3.63, 3.8) is 0 Å². The van der Waals surface area contributed by atoms with Crippen LogP contribution in [0.2, 0.25) is 0 Å². The zero-order chi connectivity index (χ0) is 17.6. The Kier molecular flexibility index (Phi) is 5.64. The number of tetrazole rings is 1. The molecule has 25 heavy (non-hydrogen) atoms. The van der Waals surface area contributed by atoms with Crippen LogP contribution in [-0.4, -0.2) is 44.3 Å². The summed E-state index contributed by atoms with van der Waals surface area (Å²) in [5.41, 5.74) is 1.84. The van der Waals surface area contributed by atoms with Gasteiger partial charge in [0.15, 0.2) is 0 Å². The summed E-state index contributed by atoms with van der Waals surface area (Å²) in [6.45, 7) is 1.96. The van der Waals surface area contributed by atoms with Crippen molar-refractivity contribution in [1.29, 1.82) is 0 Å². The Bertz CT molecular complexity index is 759. The lowest BCUT2D eigenvalue weighted by Crippen LogP contribution is -2.34. The molecule has 1 heterocycles. The van der Waals surface area contributed by atoms with Gasteiger partial charge in [-0.3, -0.25) is 9.59 Å². The van der Waals surface area contributed by atoms with Crippen molar-refractivity contribution < 1.29 is 9.59 Å². The number of amides is 2. The van der Waals surface area contributed by atoms with Crippen molar-refractivity contribution in [2.45, 2.75) is 37.4 Å². The van der Waals surface area contributed by atoms with Crippen LogP contribution < -0.4 is 10.6 Å². The highest BCUT2D eigenvalue weighted by Crippen LogP contribution is 2.36. The number of carbonyl (C=O) groups excluding carboxylic acids is 2. The third kappa shape index (κ3) is 4.79. The minimum Gasteiger partial charge on any atom is -0.346 e. The summed E-state index contributed by atoms with van der Waals surface area (Å²) in [5, 5.41) is 17.6. The molecular formula is C16H20N6O2S. The Morgan fingerprint density at radius 2 is 2.08 bits per heavy atom. The highest BCUT2D eigenvalue weighted by molar-refractivity contribution is 7.99. The number of anilines is 1. The number of aryl methyl sites for hydroxylation is 1. The van der Waals surface area contributed by atoms with E-state index in [0.717, 1.165) is 30.5 Å². The van der Waals surface area contributed by atoms with Gasteiger partial charge < -0.3 is 10.6 Å². The lowest BCUT2D eigenvalue weighted by molar-refractivity contribution is -0.122. The smallest absolute Gasteiger partial charge is 0.243 e. The second-order valence-corrected chi connectivity index (χ2v) is 6.70. The predicted octanol–water partition coefficient (Wildman–Crippen LogP) is 1.42. The first-order valence-electron chi connectivity index (χ1n) is 8.22. The Labute approximate surface area is 149 Å². The standard InChI is InChI=1S/C16H20N6O2S/c1-2-11-5-3-4-6-13(11)18-14(23)9-17-15(24)10-25-16-19-20-21-22(16)12-7-8-12/h3-6,12H,2,7-10H2,1H3,(H,17,24)(H,18,23). The Hall–Kier alpha value is -2.42. The minimum atomic E-state index is -0.248. The van der Waals surface area contributed by atoms with Gasteiger partial charge in [0.05, 0.1) is 18.3 Å². The molecule has 0 saturated heterocycles.